The Kier molecular flexibility index (Phi) is 3.71. The monoisotopic (exact) mass is 233 g/mol. The Hall–Kier alpha value is -0.530. The standard InChI is InChI=1S/C10H17O6/c1-9(2,3)8(13)10(16-14)4-6(12)7(5-11)15-10/h6-7,11-12H,4-5H2,1-3H3/t6-,7+,10?/m0/s1. The van der Waals surface area contributed by atoms with E-state index in [9.17, 15) is 15.2 Å². The summed E-state index contributed by atoms with van der Waals surface area (Å²) in [6, 6.07) is 0. The van der Waals surface area contributed by atoms with Crippen molar-refractivity contribution < 1.29 is 29.9 Å². The van der Waals surface area contributed by atoms with Gasteiger partial charge < -0.3 is 14.9 Å². The molecule has 93 valence electrons. The van der Waals surface area contributed by atoms with Crippen molar-refractivity contribution in [2.45, 2.75) is 45.2 Å². The van der Waals surface area contributed by atoms with Gasteiger partial charge in [0.15, 0.2) is 5.78 Å². The van der Waals surface area contributed by atoms with E-state index in [1.54, 1.807) is 20.8 Å². The molecule has 1 saturated heterocycles. The maximum absolute atomic E-state index is 12.0. The minimum atomic E-state index is -1.98. The van der Waals surface area contributed by atoms with Crippen molar-refractivity contribution in [3.63, 3.8) is 0 Å². The van der Waals surface area contributed by atoms with Gasteiger partial charge in [0, 0.05) is 11.8 Å². The third kappa shape index (κ3) is 2.26. The number of rotatable bonds is 3. The van der Waals surface area contributed by atoms with Crippen LogP contribution in [0.4, 0.5) is 0 Å². The number of hydrogen-bond acceptors (Lipinski definition) is 5. The summed E-state index contributed by atoms with van der Waals surface area (Å²) in [5.41, 5.74) is -0.825. The van der Waals surface area contributed by atoms with Gasteiger partial charge >= 0.3 is 0 Å². The molecule has 0 spiro atoms. The molecule has 1 rings (SSSR count). The second-order valence-corrected chi connectivity index (χ2v) is 5.03. The van der Waals surface area contributed by atoms with Crippen LogP contribution in [0.2, 0.25) is 0 Å². The molecule has 1 unspecified atom stereocenters. The predicted octanol–water partition coefficient (Wildman–Crippen LogP) is -0.198. The minimum absolute atomic E-state index is 0.252. The minimum Gasteiger partial charge on any atom is -0.394 e. The molecular formula is C10H17O6. The number of hydrogen-bond donors (Lipinski definition) is 2. The molecule has 2 N–H and O–H groups in total. The fourth-order valence-electron chi connectivity index (χ4n) is 1.75. The van der Waals surface area contributed by atoms with Gasteiger partial charge in [-0.2, -0.15) is 4.89 Å². The van der Waals surface area contributed by atoms with Gasteiger partial charge in [-0.1, -0.05) is 20.8 Å². The Morgan fingerprint density at radius 2 is 2.12 bits per heavy atom. The number of carbonyl (C=O) groups is 1. The summed E-state index contributed by atoms with van der Waals surface area (Å²) in [7, 11) is 0. The average Bonchev–Trinajstić information content (AvgIpc) is 2.54. The predicted molar refractivity (Wildman–Crippen MR) is 51.5 cm³/mol. The van der Waals surface area contributed by atoms with E-state index in [0.717, 1.165) is 0 Å². The number of aliphatic hydroxyl groups is 2. The number of Topliss-reactive ketones (excluding diaryl/α,β-unsaturated/α-hetero) is 1. The zero-order valence-corrected chi connectivity index (χ0v) is 9.60. The van der Waals surface area contributed by atoms with E-state index in [4.69, 9.17) is 9.84 Å². The number of carbonyl (C=O) groups excluding carboxylic acids is 1. The molecule has 6 heteroatoms. The van der Waals surface area contributed by atoms with Gasteiger partial charge in [-0.15, -0.1) is 0 Å². The molecule has 0 aromatic heterocycles. The molecule has 0 amide bonds. The van der Waals surface area contributed by atoms with Gasteiger partial charge in [0.25, 0.3) is 5.79 Å². The molecule has 0 aliphatic carbocycles. The third-order valence-corrected chi connectivity index (χ3v) is 2.59. The van der Waals surface area contributed by atoms with Crippen LogP contribution in [0.15, 0.2) is 0 Å². The number of ketones is 1. The fourth-order valence-corrected chi connectivity index (χ4v) is 1.75. The van der Waals surface area contributed by atoms with Gasteiger partial charge in [-0.25, -0.2) is 0 Å². The largest absolute Gasteiger partial charge is 0.394 e. The second-order valence-electron chi connectivity index (χ2n) is 5.03. The van der Waals surface area contributed by atoms with Crippen LogP contribution in [0.5, 0.6) is 0 Å². The van der Waals surface area contributed by atoms with Crippen molar-refractivity contribution in [2.75, 3.05) is 6.61 Å². The molecule has 0 bridgehead atoms. The molecule has 0 aromatic carbocycles. The lowest BCUT2D eigenvalue weighted by molar-refractivity contribution is -0.420. The maximum Gasteiger partial charge on any atom is 0.267 e. The highest BCUT2D eigenvalue weighted by molar-refractivity contribution is 5.90. The van der Waals surface area contributed by atoms with Crippen LogP contribution in [-0.4, -0.2) is 40.6 Å². The van der Waals surface area contributed by atoms with E-state index >= 15 is 0 Å². The smallest absolute Gasteiger partial charge is 0.267 e. The van der Waals surface area contributed by atoms with Crippen molar-refractivity contribution in [2.24, 2.45) is 5.41 Å². The molecule has 0 aromatic rings. The molecule has 1 heterocycles. The first-order valence-corrected chi connectivity index (χ1v) is 5.09. The first-order chi connectivity index (χ1) is 7.27. The van der Waals surface area contributed by atoms with E-state index in [-0.39, 0.29) is 6.42 Å². The van der Waals surface area contributed by atoms with Crippen LogP contribution >= 0.6 is 0 Å². The van der Waals surface area contributed by atoms with Gasteiger partial charge in [0.2, 0.25) is 0 Å². The number of aliphatic hydroxyl groups excluding tert-OH is 2. The van der Waals surface area contributed by atoms with Crippen LogP contribution in [0.25, 0.3) is 0 Å². The molecule has 3 atom stereocenters. The summed E-state index contributed by atoms with van der Waals surface area (Å²) in [5, 5.41) is 29.1. The summed E-state index contributed by atoms with van der Waals surface area (Å²) in [4.78, 5) is 15.9. The average molecular weight is 233 g/mol. The number of ether oxygens (including phenoxy) is 1. The quantitative estimate of drug-likeness (QED) is 0.520. The zero-order chi connectivity index (χ0) is 12.6. The van der Waals surface area contributed by atoms with Crippen LogP contribution < -0.4 is 0 Å². The van der Waals surface area contributed by atoms with E-state index in [2.05, 4.69) is 4.89 Å². The van der Waals surface area contributed by atoms with Gasteiger partial charge in [-0.05, 0) is 5.26 Å². The molecular weight excluding hydrogens is 216 g/mol. The lowest BCUT2D eigenvalue weighted by Gasteiger charge is -2.29. The topological polar surface area (TPSA) is 95.9 Å². The normalized spacial score (nSPS) is 35.4. The highest BCUT2D eigenvalue weighted by atomic mass is 17.1. The van der Waals surface area contributed by atoms with Gasteiger partial charge in [0.05, 0.1) is 12.7 Å². The summed E-state index contributed by atoms with van der Waals surface area (Å²) < 4.78 is 5.06. The van der Waals surface area contributed by atoms with E-state index in [0.29, 0.717) is 0 Å². The van der Waals surface area contributed by atoms with Crippen molar-refractivity contribution in [1.29, 1.82) is 0 Å². The highest BCUT2D eigenvalue weighted by Crippen LogP contribution is 2.37. The second kappa shape index (κ2) is 4.38. The van der Waals surface area contributed by atoms with Crippen LogP contribution in [0.3, 0.4) is 0 Å². The molecule has 1 radical (unpaired) electrons. The van der Waals surface area contributed by atoms with E-state index in [1.807, 2.05) is 0 Å². The third-order valence-electron chi connectivity index (χ3n) is 2.59. The summed E-state index contributed by atoms with van der Waals surface area (Å²) in [6.07, 6.45) is -2.29. The van der Waals surface area contributed by atoms with Crippen molar-refractivity contribution in [1.82, 2.24) is 0 Å². The first-order valence-electron chi connectivity index (χ1n) is 5.09. The SMILES string of the molecule is CC(C)(C)C(=O)C1(O[O])C[C@H](O)[C@@H](CO)O1. The van der Waals surface area contributed by atoms with Crippen LogP contribution in [0, 0.1) is 5.41 Å². The maximum atomic E-state index is 12.0. The van der Waals surface area contributed by atoms with Gasteiger partial charge in [0.1, 0.15) is 6.10 Å². The van der Waals surface area contributed by atoms with Crippen LogP contribution in [0.1, 0.15) is 27.2 Å². The Bertz CT molecular complexity index is 271. The van der Waals surface area contributed by atoms with Crippen LogP contribution in [-0.2, 0) is 19.7 Å². The lowest BCUT2D eigenvalue weighted by atomic mass is 9.84. The van der Waals surface area contributed by atoms with E-state index in [1.165, 1.54) is 0 Å². The lowest BCUT2D eigenvalue weighted by Crippen LogP contribution is -2.47. The van der Waals surface area contributed by atoms with Gasteiger partial charge in [-0.3, -0.25) is 4.79 Å². The highest BCUT2D eigenvalue weighted by Gasteiger charge is 2.56. The Balaban J connectivity index is 2.94. The Labute approximate surface area is 93.7 Å². The van der Waals surface area contributed by atoms with Crippen molar-refractivity contribution in [3.05, 3.63) is 0 Å². The molecule has 16 heavy (non-hydrogen) atoms. The molecule has 1 aliphatic rings. The molecule has 6 nitrogen and oxygen atoms in total. The Morgan fingerprint density at radius 3 is 2.44 bits per heavy atom. The van der Waals surface area contributed by atoms with E-state index < -0.39 is 35.8 Å². The Morgan fingerprint density at radius 1 is 1.56 bits per heavy atom. The fraction of sp³-hybridized carbons (Fsp3) is 0.900. The molecule has 0 saturated carbocycles. The van der Waals surface area contributed by atoms with Crippen molar-refractivity contribution >= 4 is 5.78 Å². The summed E-state index contributed by atoms with van der Waals surface area (Å²) in [6.45, 7) is 4.40. The zero-order valence-electron chi connectivity index (χ0n) is 9.60. The van der Waals surface area contributed by atoms with Crippen molar-refractivity contribution in [3.8, 4) is 0 Å². The molecule has 1 aliphatic heterocycles. The first kappa shape index (κ1) is 13.5. The summed E-state index contributed by atoms with van der Waals surface area (Å²) >= 11 is 0. The molecule has 1 fully saturated rings. The summed E-state index contributed by atoms with van der Waals surface area (Å²) in [5.74, 6) is -2.52.